The van der Waals surface area contributed by atoms with Crippen LogP contribution >= 0.6 is 22.6 Å². The maximum absolute atomic E-state index is 10.8. The molecule has 1 saturated heterocycles. The van der Waals surface area contributed by atoms with Crippen LogP contribution in [-0.2, 0) is 4.79 Å². The minimum atomic E-state index is -0.768. The van der Waals surface area contributed by atoms with Gasteiger partial charge in [-0.05, 0) is 47.4 Å². The average molecular weight is 390 g/mol. The van der Waals surface area contributed by atoms with Crippen molar-refractivity contribution in [2.75, 3.05) is 18.0 Å². The molecule has 1 aliphatic rings. The lowest BCUT2D eigenvalue weighted by Gasteiger charge is -2.34. The standard InChI is InChI=1S/C13H15IN2O4/c14-11-7-10(16(19)20)3-4-12(11)15-5-1-2-9(8-15)6-13(17)18/h3-4,7,9H,1-2,5-6,8H2,(H,17,18). The van der Waals surface area contributed by atoms with Crippen molar-refractivity contribution in [3.05, 3.63) is 31.9 Å². The summed E-state index contributed by atoms with van der Waals surface area (Å²) >= 11 is 2.09. The number of rotatable bonds is 4. The Balaban J connectivity index is 2.14. The molecule has 0 saturated carbocycles. The number of nitro groups is 1. The molecule has 108 valence electrons. The summed E-state index contributed by atoms with van der Waals surface area (Å²) in [5.41, 5.74) is 1.03. The maximum atomic E-state index is 10.8. The van der Waals surface area contributed by atoms with Crippen LogP contribution in [0.2, 0.25) is 0 Å². The summed E-state index contributed by atoms with van der Waals surface area (Å²) in [6, 6.07) is 4.80. The van der Waals surface area contributed by atoms with E-state index in [0.29, 0.717) is 6.54 Å². The molecule has 2 rings (SSSR count). The molecule has 1 fully saturated rings. The van der Waals surface area contributed by atoms with Crippen LogP contribution in [0.15, 0.2) is 18.2 Å². The van der Waals surface area contributed by atoms with Crippen LogP contribution in [0.4, 0.5) is 11.4 Å². The van der Waals surface area contributed by atoms with Gasteiger partial charge in [-0.1, -0.05) is 0 Å². The first-order chi connectivity index (χ1) is 9.47. The van der Waals surface area contributed by atoms with E-state index < -0.39 is 10.9 Å². The second kappa shape index (κ2) is 6.38. The number of halogens is 1. The van der Waals surface area contributed by atoms with E-state index in [2.05, 4.69) is 27.5 Å². The summed E-state index contributed by atoms with van der Waals surface area (Å²) in [7, 11) is 0. The van der Waals surface area contributed by atoms with Gasteiger partial charge in [0.25, 0.3) is 5.69 Å². The molecule has 0 bridgehead atoms. The van der Waals surface area contributed by atoms with Gasteiger partial charge in [-0.2, -0.15) is 0 Å². The van der Waals surface area contributed by atoms with Crippen LogP contribution in [0.1, 0.15) is 19.3 Å². The predicted molar refractivity (Wildman–Crippen MR) is 83.0 cm³/mol. The third-order valence-corrected chi connectivity index (χ3v) is 4.33. The van der Waals surface area contributed by atoms with Crippen LogP contribution in [0.3, 0.4) is 0 Å². The molecule has 1 heterocycles. The summed E-state index contributed by atoms with van der Waals surface area (Å²) in [5.74, 6) is -0.623. The Morgan fingerprint density at radius 2 is 2.30 bits per heavy atom. The molecule has 1 N–H and O–H groups in total. The summed E-state index contributed by atoms with van der Waals surface area (Å²) in [6.45, 7) is 1.56. The SMILES string of the molecule is O=C(O)CC1CCCN(c2ccc([N+](=O)[O-])cc2I)C1. The van der Waals surface area contributed by atoms with E-state index in [4.69, 9.17) is 5.11 Å². The van der Waals surface area contributed by atoms with Crippen LogP contribution in [-0.4, -0.2) is 29.1 Å². The number of benzene rings is 1. The second-order valence-corrected chi connectivity index (χ2v) is 6.11. The lowest BCUT2D eigenvalue weighted by molar-refractivity contribution is -0.384. The number of carbonyl (C=O) groups is 1. The molecular formula is C13H15IN2O4. The summed E-state index contributed by atoms with van der Waals surface area (Å²) in [4.78, 5) is 23.3. The van der Waals surface area contributed by atoms with Crippen molar-refractivity contribution in [1.82, 2.24) is 0 Å². The zero-order valence-corrected chi connectivity index (χ0v) is 12.9. The van der Waals surface area contributed by atoms with Crippen molar-refractivity contribution in [1.29, 1.82) is 0 Å². The van der Waals surface area contributed by atoms with Crippen LogP contribution < -0.4 is 4.90 Å². The molecule has 7 heteroatoms. The van der Waals surface area contributed by atoms with Gasteiger partial charge in [0, 0.05) is 35.2 Å². The van der Waals surface area contributed by atoms with E-state index in [9.17, 15) is 14.9 Å². The summed E-state index contributed by atoms with van der Waals surface area (Å²) in [6.07, 6.45) is 2.05. The molecule has 0 aliphatic carbocycles. The highest BCUT2D eigenvalue weighted by molar-refractivity contribution is 14.1. The van der Waals surface area contributed by atoms with E-state index in [-0.39, 0.29) is 18.0 Å². The molecule has 1 aliphatic heterocycles. The van der Waals surface area contributed by atoms with Crippen molar-refractivity contribution < 1.29 is 14.8 Å². The van der Waals surface area contributed by atoms with E-state index in [1.165, 1.54) is 6.07 Å². The summed E-state index contributed by atoms with van der Waals surface area (Å²) < 4.78 is 0.827. The minimum absolute atomic E-state index is 0.0808. The third-order valence-electron chi connectivity index (χ3n) is 3.47. The normalized spacial score (nSPS) is 18.9. The van der Waals surface area contributed by atoms with E-state index in [1.807, 2.05) is 0 Å². The van der Waals surface area contributed by atoms with Gasteiger partial charge in [0.05, 0.1) is 10.6 Å². The number of carboxylic acids is 1. The number of carboxylic acid groups (broad SMARTS) is 1. The van der Waals surface area contributed by atoms with Gasteiger partial charge in [-0.15, -0.1) is 0 Å². The van der Waals surface area contributed by atoms with Gasteiger partial charge >= 0.3 is 5.97 Å². The van der Waals surface area contributed by atoms with Crippen molar-refractivity contribution in [2.45, 2.75) is 19.3 Å². The van der Waals surface area contributed by atoms with Gasteiger partial charge in [0.1, 0.15) is 0 Å². The Bertz CT molecular complexity index is 535. The van der Waals surface area contributed by atoms with Crippen LogP contribution in [0, 0.1) is 19.6 Å². The highest BCUT2D eigenvalue weighted by Gasteiger charge is 2.24. The van der Waals surface area contributed by atoms with Crippen LogP contribution in [0.5, 0.6) is 0 Å². The third kappa shape index (κ3) is 3.59. The molecule has 1 atom stereocenters. The number of hydrogen-bond acceptors (Lipinski definition) is 4. The first-order valence-electron chi connectivity index (χ1n) is 6.38. The first-order valence-corrected chi connectivity index (χ1v) is 7.46. The van der Waals surface area contributed by atoms with E-state index >= 15 is 0 Å². The fraction of sp³-hybridized carbons (Fsp3) is 0.462. The number of anilines is 1. The molecule has 1 aromatic rings. The van der Waals surface area contributed by atoms with Gasteiger partial charge in [-0.25, -0.2) is 0 Å². The highest BCUT2D eigenvalue weighted by Crippen LogP contribution is 2.31. The quantitative estimate of drug-likeness (QED) is 0.486. The lowest BCUT2D eigenvalue weighted by atomic mass is 9.94. The number of aliphatic carboxylic acids is 1. The second-order valence-electron chi connectivity index (χ2n) is 4.94. The Labute approximate surface area is 130 Å². The fourth-order valence-corrected chi connectivity index (χ4v) is 3.40. The smallest absolute Gasteiger partial charge is 0.303 e. The van der Waals surface area contributed by atoms with Crippen molar-refractivity contribution >= 4 is 39.9 Å². The highest BCUT2D eigenvalue weighted by atomic mass is 127. The molecule has 0 radical (unpaired) electrons. The topological polar surface area (TPSA) is 83.7 Å². The van der Waals surface area contributed by atoms with Gasteiger partial charge in [0.15, 0.2) is 0 Å². The Kier molecular flexibility index (Phi) is 4.79. The molecule has 0 amide bonds. The number of hydrogen-bond donors (Lipinski definition) is 1. The van der Waals surface area contributed by atoms with Crippen LogP contribution in [0.25, 0.3) is 0 Å². The number of nitro benzene ring substituents is 1. The predicted octanol–water partition coefficient (Wildman–Crippen LogP) is 2.89. The van der Waals surface area contributed by atoms with Crippen molar-refractivity contribution in [3.63, 3.8) is 0 Å². The molecule has 0 aromatic heterocycles. The molecule has 1 aromatic carbocycles. The average Bonchev–Trinajstić information content (AvgIpc) is 2.38. The fourth-order valence-electron chi connectivity index (χ4n) is 2.56. The van der Waals surface area contributed by atoms with Gasteiger partial charge in [-0.3, -0.25) is 14.9 Å². The molecule has 0 spiro atoms. The molecule has 6 nitrogen and oxygen atoms in total. The Hall–Kier alpha value is -1.38. The van der Waals surface area contributed by atoms with Gasteiger partial charge < -0.3 is 10.0 Å². The zero-order valence-electron chi connectivity index (χ0n) is 10.8. The maximum Gasteiger partial charge on any atom is 0.303 e. The van der Waals surface area contributed by atoms with E-state index in [1.54, 1.807) is 12.1 Å². The van der Waals surface area contributed by atoms with Crippen molar-refractivity contribution in [2.24, 2.45) is 5.92 Å². The summed E-state index contributed by atoms with van der Waals surface area (Å²) in [5, 5.41) is 19.6. The number of nitrogens with zero attached hydrogens (tertiary/aromatic N) is 2. The molecule has 20 heavy (non-hydrogen) atoms. The Morgan fingerprint density at radius 3 is 2.90 bits per heavy atom. The van der Waals surface area contributed by atoms with E-state index in [0.717, 1.165) is 28.6 Å². The molecule has 1 unspecified atom stereocenters. The number of non-ortho nitro benzene ring substituents is 1. The monoisotopic (exact) mass is 390 g/mol. The largest absolute Gasteiger partial charge is 0.481 e. The lowest BCUT2D eigenvalue weighted by Crippen LogP contribution is -2.36. The minimum Gasteiger partial charge on any atom is -0.481 e. The Morgan fingerprint density at radius 1 is 1.55 bits per heavy atom. The van der Waals surface area contributed by atoms with Crippen molar-refractivity contribution in [3.8, 4) is 0 Å². The zero-order chi connectivity index (χ0) is 14.7. The molecular weight excluding hydrogens is 375 g/mol. The first kappa shape index (κ1) is 15.0. The number of piperidine rings is 1. The van der Waals surface area contributed by atoms with Gasteiger partial charge in [0.2, 0.25) is 0 Å².